The lowest BCUT2D eigenvalue weighted by molar-refractivity contribution is -0.122. The van der Waals surface area contributed by atoms with E-state index in [-0.39, 0.29) is 22.3 Å². The highest BCUT2D eigenvalue weighted by molar-refractivity contribution is 7.80. The molecule has 0 saturated heterocycles. The maximum absolute atomic E-state index is 12.5. The summed E-state index contributed by atoms with van der Waals surface area (Å²) >= 11 is 5.03. The van der Waals surface area contributed by atoms with Crippen molar-refractivity contribution in [2.24, 2.45) is 11.1 Å². The summed E-state index contributed by atoms with van der Waals surface area (Å²) in [6.45, 7) is -2.96. The number of hydrogen-bond acceptors (Lipinski definition) is 3. The Balaban J connectivity index is 2.21. The summed E-state index contributed by atoms with van der Waals surface area (Å²) in [4.78, 5) is 12.6. The number of nitrogens with one attached hydrogen (secondary N) is 1. The quantitative estimate of drug-likeness (QED) is 0.820. The van der Waals surface area contributed by atoms with Gasteiger partial charge in [0.2, 0.25) is 5.91 Å². The third kappa shape index (κ3) is 3.29. The average Bonchev–Trinajstić information content (AvgIpc) is 2.91. The Bertz CT molecular complexity index is 546. The van der Waals surface area contributed by atoms with E-state index in [2.05, 4.69) is 10.1 Å². The van der Waals surface area contributed by atoms with Crippen molar-refractivity contribution in [1.82, 2.24) is 0 Å². The number of carbonyl (C=O) groups excluding carboxylic acids is 1. The van der Waals surface area contributed by atoms with Crippen molar-refractivity contribution in [3.05, 3.63) is 24.3 Å². The van der Waals surface area contributed by atoms with Crippen LogP contribution in [0.4, 0.5) is 14.5 Å². The number of halogens is 2. The first-order chi connectivity index (χ1) is 9.95. The maximum atomic E-state index is 12.5. The van der Waals surface area contributed by atoms with Crippen molar-refractivity contribution in [2.75, 3.05) is 5.32 Å². The molecule has 0 aromatic heterocycles. The number of hydrogen-bond donors (Lipinski definition) is 2. The molecule has 0 bridgehead atoms. The zero-order chi connectivity index (χ0) is 15.5. The lowest BCUT2D eigenvalue weighted by Gasteiger charge is -2.26. The van der Waals surface area contributed by atoms with Gasteiger partial charge in [-0.15, -0.1) is 0 Å². The van der Waals surface area contributed by atoms with E-state index < -0.39 is 12.0 Å². The Kier molecular flexibility index (Phi) is 4.72. The standard InChI is InChI=1S/C14H16F2N2O2S/c15-13(16)20-10-6-2-1-5-9(10)18-12(19)14(11(17)21)7-3-4-8-14/h1-2,5-6,13H,3-4,7-8H2,(H2,17,21)(H,18,19). The van der Waals surface area contributed by atoms with Crippen LogP contribution in [0.25, 0.3) is 0 Å². The van der Waals surface area contributed by atoms with Crippen LogP contribution in [0.1, 0.15) is 25.7 Å². The molecule has 0 aliphatic heterocycles. The molecular formula is C14H16F2N2O2S. The van der Waals surface area contributed by atoms with Gasteiger partial charge in [-0.2, -0.15) is 8.78 Å². The fourth-order valence-corrected chi connectivity index (χ4v) is 2.87. The Morgan fingerprint density at radius 2 is 1.95 bits per heavy atom. The Morgan fingerprint density at radius 1 is 1.33 bits per heavy atom. The molecule has 1 aromatic carbocycles. The molecule has 21 heavy (non-hydrogen) atoms. The van der Waals surface area contributed by atoms with Gasteiger partial charge in [-0.05, 0) is 25.0 Å². The lowest BCUT2D eigenvalue weighted by Crippen LogP contribution is -2.44. The van der Waals surface area contributed by atoms with Gasteiger partial charge in [-0.1, -0.05) is 37.2 Å². The van der Waals surface area contributed by atoms with E-state index in [1.165, 1.54) is 12.1 Å². The molecule has 4 nitrogen and oxygen atoms in total. The number of para-hydroxylation sites is 2. The second-order valence-corrected chi connectivity index (χ2v) is 5.42. The summed E-state index contributed by atoms with van der Waals surface area (Å²) in [5.41, 5.74) is 5.02. The smallest absolute Gasteiger partial charge is 0.387 e. The second kappa shape index (κ2) is 6.34. The van der Waals surface area contributed by atoms with Crippen LogP contribution < -0.4 is 15.8 Å². The molecule has 1 aromatic rings. The molecule has 114 valence electrons. The third-order valence-electron chi connectivity index (χ3n) is 3.71. The number of benzene rings is 1. The van der Waals surface area contributed by atoms with Crippen LogP contribution >= 0.6 is 12.2 Å². The minimum absolute atomic E-state index is 0.0862. The number of amides is 1. The van der Waals surface area contributed by atoms with Gasteiger partial charge in [0.05, 0.1) is 16.1 Å². The fraction of sp³-hybridized carbons (Fsp3) is 0.429. The number of carbonyl (C=O) groups is 1. The van der Waals surface area contributed by atoms with E-state index in [0.29, 0.717) is 12.8 Å². The van der Waals surface area contributed by atoms with E-state index in [9.17, 15) is 13.6 Å². The zero-order valence-electron chi connectivity index (χ0n) is 11.3. The van der Waals surface area contributed by atoms with Gasteiger partial charge in [-0.3, -0.25) is 4.79 Å². The van der Waals surface area contributed by atoms with E-state index in [4.69, 9.17) is 18.0 Å². The highest BCUT2D eigenvalue weighted by Gasteiger charge is 2.44. The van der Waals surface area contributed by atoms with E-state index in [0.717, 1.165) is 12.8 Å². The summed E-state index contributed by atoms with van der Waals surface area (Å²) in [6.07, 6.45) is 2.87. The third-order valence-corrected chi connectivity index (χ3v) is 4.11. The molecule has 1 aliphatic carbocycles. The summed E-state index contributed by atoms with van der Waals surface area (Å²) in [5.74, 6) is -0.449. The van der Waals surface area contributed by atoms with Crippen LogP contribution in [0.2, 0.25) is 0 Å². The molecule has 0 unspecified atom stereocenters. The minimum Gasteiger partial charge on any atom is -0.433 e. The lowest BCUT2D eigenvalue weighted by atomic mass is 9.85. The van der Waals surface area contributed by atoms with Gasteiger partial charge in [0.15, 0.2) is 0 Å². The fourth-order valence-electron chi connectivity index (χ4n) is 2.57. The number of thiocarbonyl (C=S) groups is 1. The molecule has 0 heterocycles. The van der Waals surface area contributed by atoms with Crippen LogP contribution in [0.15, 0.2) is 24.3 Å². The van der Waals surface area contributed by atoms with Crippen molar-refractivity contribution in [3.63, 3.8) is 0 Å². The first kappa shape index (κ1) is 15.6. The molecule has 3 N–H and O–H groups in total. The van der Waals surface area contributed by atoms with E-state index in [1.807, 2.05) is 0 Å². The van der Waals surface area contributed by atoms with Crippen LogP contribution in [0.5, 0.6) is 5.75 Å². The topological polar surface area (TPSA) is 64.4 Å². The van der Waals surface area contributed by atoms with Crippen molar-refractivity contribution in [3.8, 4) is 5.75 Å². The molecule has 7 heteroatoms. The molecule has 0 atom stereocenters. The van der Waals surface area contributed by atoms with E-state index >= 15 is 0 Å². The second-order valence-electron chi connectivity index (χ2n) is 4.98. The Hall–Kier alpha value is -1.76. The zero-order valence-corrected chi connectivity index (χ0v) is 12.1. The summed E-state index contributed by atoms with van der Waals surface area (Å²) in [5, 5.41) is 2.62. The molecule has 1 saturated carbocycles. The molecule has 0 spiro atoms. The minimum atomic E-state index is -2.96. The normalized spacial score (nSPS) is 16.7. The van der Waals surface area contributed by atoms with Crippen LogP contribution in [0, 0.1) is 5.41 Å². The first-order valence-corrected chi connectivity index (χ1v) is 7.02. The molecule has 0 radical (unpaired) electrons. The number of ether oxygens (including phenoxy) is 1. The SMILES string of the molecule is NC(=S)C1(C(=O)Nc2ccccc2OC(F)F)CCCC1. The summed E-state index contributed by atoms with van der Waals surface area (Å²) in [7, 11) is 0. The summed E-state index contributed by atoms with van der Waals surface area (Å²) < 4.78 is 29.1. The highest BCUT2D eigenvalue weighted by Crippen LogP contribution is 2.40. The number of anilines is 1. The van der Waals surface area contributed by atoms with E-state index in [1.54, 1.807) is 12.1 Å². The molecule has 1 fully saturated rings. The van der Waals surface area contributed by atoms with Crippen LogP contribution in [0.3, 0.4) is 0 Å². The predicted molar refractivity (Wildman–Crippen MR) is 79.4 cm³/mol. The van der Waals surface area contributed by atoms with Gasteiger partial charge >= 0.3 is 6.61 Å². The summed E-state index contributed by atoms with van der Waals surface area (Å²) in [6, 6.07) is 6.03. The maximum Gasteiger partial charge on any atom is 0.387 e. The number of alkyl halides is 2. The van der Waals surface area contributed by atoms with Crippen LogP contribution in [-0.4, -0.2) is 17.5 Å². The van der Waals surface area contributed by atoms with Crippen molar-refractivity contribution in [1.29, 1.82) is 0 Å². The van der Waals surface area contributed by atoms with Crippen molar-refractivity contribution in [2.45, 2.75) is 32.3 Å². The van der Waals surface area contributed by atoms with Gasteiger partial charge in [0, 0.05) is 0 Å². The predicted octanol–water partition coefficient (Wildman–Crippen LogP) is 3.07. The van der Waals surface area contributed by atoms with Crippen LogP contribution in [-0.2, 0) is 4.79 Å². The molecule has 1 amide bonds. The average molecular weight is 314 g/mol. The van der Waals surface area contributed by atoms with Crippen molar-refractivity contribution < 1.29 is 18.3 Å². The number of rotatable bonds is 5. The van der Waals surface area contributed by atoms with Gasteiger partial charge < -0.3 is 15.8 Å². The van der Waals surface area contributed by atoms with Gasteiger partial charge in [0.25, 0.3) is 0 Å². The Labute approximate surface area is 126 Å². The monoisotopic (exact) mass is 314 g/mol. The largest absolute Gasteiger partial charge is 0.433 e. The Morgan fingerprint density at radius 3 is 2.52 bits per heavy atom. The van der Waals surface area contributed by atoms with Gasteiger partial charge in [0.1, 0.15) is 5.75 Å². The van der Waals surface area contributed by atoms with Crippen molar-refractivity contribution >= 4 is 28.8 Å². The van der Waals surface area contributed by atoms with Gasteiger partial charge in [-0.25, -0.2) is 0 Å². The highest BCUT2D eigenvalue weighted by atomic mass is 32.1. The molecular weight excluding hydrogens is 298 g/mol. The molecule has 2 rings (SSSR count). The number of nitrogens with two attached hydrogens (primary N) is 1. The molecule has 1 aliphatic rings. The first-order valence-electron chi connectivity index (χ1n) is 6.61.